The summed E-state index contributed by atoms with van der Waals surface area (Å²) in [7, 11) is 0. The third-order valence-electron chi connectivity index (χ3n) is 5.84. The van der Waals surface area contributed by atoms with Crippen LogP contribution in [0.5, 0.6) is 23.0 Å². The first-order chi connectivity index (χ1) is 15.3. The highest BCUT2D eigenvalue weighted by molar-refractivity contribution is 5.45. The van der Waals surface area contributed by atoms with E-state index in [4.69, 9.17) is 19.5 Å². The zero-order valence-electron chi connectivity index (χ0n) is 17.3. The van der Waals surface area contributed by atoms with Crippen molar-refractivity contribution >= 4 is 0 Å². The van der Waals surface area contributed by atoms with Crippen molar-refractivity contribution in [2.24, 2.45) is 0 Å². The summed E-state index contributed by atoms with van der Waals surface area (Å²) in [5.74, 6) is 3.22. The van der Waals surface area contributed by atoms with Crippen LogP contribution >= 0.6 is 0 Å². The molecule has 2 aliphatic heterocycles. The lowest BCUT2D eigenvalue weighted by Gasteiger charge is -2.26. The molecule has 0 saturated carbocycles. The smallest absolute Gasteiger partial charge is 0.161 e. The van der Waals surface area contributed by atoms with Crippen LogP contribution in [0.1, 0.15) is 35.6 Å². The van der Waals surface area contributed by atoms with Crippen molar-refractivity contribution in [2.75, 3.05) is 19.8 Å². The number of fused-ring (bicyclic) bond motifs is 1. The Labute approximate surface area is 182 Å². The summed E-state index contributed by atoms with van der Waals surface area (Å²) in [5, 5.41) is 8.90. The molecule has 0 bridgehead atoms. The van der Waals surface area contributed by atoms with Crippen LogP contribution in [0.25, 0.3) is 0 Å². The Bertz CT molecular complexity index is 1090. The molecule has 0 radical (unpaired) electrons. The maximum absolute atomic E-state index is 8.90. The van der Waals surface area contributed by atoms with Crippen molar-refractivity contribution in [1.82, 2.24) is 4.90 Å². The normalized spacial score (nSPS) is 17.8. The van der Waals surface area contributed by atoms with Crippen molar-refractivity contribution in [3.63, 3.8) is 0 Å². The van der Waals surface area contributed by atoms with E-state index in [1.165, 1.54) is 17.5 Å². The molecule has 5 rings (SSSR count). The topological polar surface area (TPSA) is 54.7 Å². The average Bonchev–Trinajstić information content (AvgIpc) is 3.28. The van der Waals surface area contributed by atoms with Gasteiger partial charge in [0.05, 0.1) is 11.6 Å². The van der Waals surface area contributed by atoms with E-state index in [2.05, 4.69) is 35.2 Å². The number of hydrogen-bond donors (Lipinski definition) is 0. The fourth-order valence-corrected chi connectivity index (χ4v) is 4.29. The number of rotatable bonds is 5. The minimum absolute atomic E-state index is 0.394. The Kier molecular flexibility index (Phi) is 5.47. The third-order valence-corrected chi connectivity index (χ3v) is 5.84. The largest absolute Gasteiger partial charge is 0.486 e. The van der Waals surface area contributed by atoms with Crippen LogP contribution in [0.2, 0.25) is 0 Å². The van der Waals surface area contributed by atoms with E-state index in [0.29, 0.717) is 24.8 Å². The maximum atomic E-state index is 8.90. The molecule has 0 amide bonds. The van der Waals surface area contributed by atoms with E-state index >= 15 is 0 Å². The third kappa shape index (κ3) is 4.35. The van der Waals surface area contributed by atoms with Crippen LogP contribution in [-0.2, 0) is 6.54 Å². The molecule has 1 unspecified atom stereocenters. The van der Waals surface area contributed by atoms with Crippen LogP contribution in [0.3, 0.4) is 0 Å². The average molecular weight is 412 g/mol. The van der Waals surface area contributed by atoms with Gasteiger partial charge in [0.15, 0.2) is 11.5 Å². The van der Waals surface area contributed by atoms with E-state index in [9.17, 15) is 0 Å². The molecule has 3 aromatic rings. The van der Waals surface area contributed by atoms with Crippen LogP contribution in [0, 0.1) is 11.3 Å². The molecule has 2 heterocycles. The van der Waals surface area contributed by atoms with Gasteiger partial charge in [0, 0.05) is 12.6 Å². The Morgan fingerprint density at radius 3 is 2.35 bits per heavy atom. The van der Waals surface area contributed by atoms with Crippen molar-refractivity contribution < 1.29 is 14.2 Å². The van der Waals surface area contributed by atoms with Gasteiger partial charge in [-0.25, -0.2) is 0 Å². The first-order valence-electron chi connectivity index (χ1n) is 10.7. The number of nitriles is 1. The van der Waals surface area contributed by atoms with Crippen molar-refractivity contribution in [3.05, 3.63) is 83.4 Å². The number of hydrogen-bond acceptors (Lipinski definition) is 5. The predicted octanol–water partition coefficient (Wildman–Crippen LogP) is 5.46. The molecule has 0 aromatic heterocycles. The van der Waals surface area contributed by atoms with Gasteiger partial charge in [-0.05, 0) is 79.0 Å². The van der Waals surface area contributed by atoms with Gasteiger partial charge in [0.2, 0.25) is 0 Å². The summed E-state index contributed by atoms with van der Waals surface area (Å²) < 4.78 is 17.3. The summed E-state index contributed by atoms with van der Waals surface area (Å²) in [6, 6.07) is 24.3. The number of ether oxygens (including phenoxy) is 3. The van der Waals surface area contributed by atoms with Gasteiger partial charge in [-0.1, -0.05) is 18.2 Å². The van der Waals surface area contributed by atoms with Gasteiger partial charge in [-0.15, -0.1) is 0 Å². The summed E-state index contributed by atoms with van der Waals surface area (Å²) in [6.45, 7) is 3.22. The maximum Gasteiger partial charge on any atom is 0.161 e. The zero-order valence-corrected chi connectivity index (χ0v) is 17.3. The molecule has 31 heavy (non-hydrogen) atoms. The second-order valence-corrected chi connectivity index (χ2v) is 7.91. The first kappa shape index (κ1) is 19.5. The highest BCUT2D eigenvalue weighted by Crippen LogP contribution is 2.38. The molecule has 156 valence electrons. The minimum atomic E-state index is 0.394. The summed E-state index contributed by atoms with van der Waals surface area (Å²) in [6.07, 6.45) is 2.35. The van der Waals surface area contributed by atoms with E-state index in [1.54, 1.807) is 12.1 Å². The number of nitrogens with zero attached hydrogens (tertiary/aromatic N) is 2. The second kappa shape index (κ2) is 8.71. The molecular weight excluding hydrogens is 388 g/mol. The molecule has 0 spiro atoms. The monoisotopic (exact) mass is 412 g/mol. The molecule has 0 N–H and O–H groups in total. The van der Waals surface area contributed by atoms with Gasteiger partial charge in [-0.3, -0.25) is 4.90 Å². The van der Waals surface area contributed by atoms with Crippen LogP contribution in [-0.4, -0.2) is 24.7 Å². The lowest BCUT2D eigenvalue weighted by atomic mass is 10.0. The zero-order chi connectivity index (χ0) is 21.0. The minimum Gasteiger partial charge on any atom is -0.486 e. The lowest BCUT2D eigenvalue weighted by Crippen LogP contribution is -2.23. The molecule has 1 fully saturated rings. The number of benzene rings is 3. The summed E-state index contributed by atoms with van der Waals surface area (Å²) in [5.41, 5.74) is 3.18. The van der Waals surface area contributed by atoms with Gasteiger partial charge in [0.1, 0.15) is 24.7 Å². The van der Waals surface area contributed by atoms with Crippen molar-refractivity contribution in [3.8, 4) is 29.1 Å². The Hall–Kier alpha value is -3.49. The van der Waals surface area contributed by atoms with Gasteiger partial charge in [0.25, 0.3) is 0 Å². The summed E-state index contributed by atoms with van der Waals surface area (Å²) >= 11 is 0. The molecule has 1 atom stereocenters. The molecule has 1 saturated heterocycles. The predicted molar refractivity (Wildman–Crippen MR) is 117 cm³/mol. The molecule has 0 aliphatic carbocycles. The van der Waals surface area contributed by atoms with Crippen LogP contribution in [0.15, 0.2) is 66.7 Å². The highest BCUT2D eigenvalue weighted by atomic mass is 16.6. The molecule has 5 nitrogen and oxygen atoms in total. The van der Waals surface area contributed by atoms with E-state index in [-0.39, 0.29) is 0 Å². The fourth-order valence-electron chi connectivity index (χ4n) is 4.29. The van der Waals surface area contributed by atoms with Gasteiger partial charge < -0.3 is 14.2 Å². The molecular formula is C26H24N2O3. The van der Waals surface area contributed by atoms with Crippen LogP contribution in [0.4, 0.5) is 0 Å². The van der Waals surface area contributed by atoms with Gasteiger partial charge >= 0.3 is 0 Å². The molecule has 2 aliphatic rings. The van der Waals surface area contributed by atoms with Crippen molar-refractivity contribution in [1.29, 1.82) is 5.26 Å². The SMILES string of the molecule is N#Cc1ccc(Oc2ccc(CN3CCCC3c3ccc4c(c3)OCCO4)cc2)cc1. The van der Waals surface area contributed by atoms with Gasteiger partial charge in [-0.2, -0.15) is 5.26 Å². The molecule has 5 heteroatoms. The van der Waals surface area contributed by atoms with Crippen molar-refractivity contribution in [2.45, 2.75) is 25.4 Å². The Balaban J connectivity index is 1.25. The quantitative estimate of drug-likeness (QED) is 0.557. The standard InChI is InChI=1S/C26H24N2O3/c27-17-19-3-8-22(9-4-19)31-23-10-5-20(6-11-23)18-28-13-1-2-24(28)21-7-12-25-26(16-21)30-15-14-29-25/h3-12,16,24H,1-2,13-15,18H2. The first-order valence-corrected chi connectivity index (χ1v) is 10.7. The van der Waals surface area contributed by atoms with Crippen LogP contribution < -0.4 is 14.2 Å². The van der Waals surface area contributed by atoms with E-state index in [1.807, 2.05) is 30.3 Å². The Morgan fingerprint density at radius 1 is 0.903 bits per heavy atom. The number of likely N-dealkylation sites (tertiary alicyclic amines) is 1. The Morgan fingerprint density at radius 2 is 1.61 bits per heavy atom. The van der Waals surface area contributed by atoms with E-state index < -0.39 is 0 Å². The fraction of sp³-hybridized carbons (Fsp3) is 0.269. The highest BCUT2D eigenvalue weighted by Gasteiger charge is 2.27. The second-order valence-electron chi connectivity index (χ2n) is 7.91. The lowest BCUT2D eigenvalue weighted by molar-refractivity contribution is 0.170. The summed E-state index contributed by atoms with van der Waals surface area (Å²) in [4.78, 5) is 2.53. The molecule has 3 aromatic carbocycles. The van der Waals surface area contributed by atoms with E-state index in [0.717, 1.165) is 42.5 Å².